The van der Waals surface area contributed by atoms with Crippen LogP contribution in [-0.2, 0) is 9.59 Å². The van der Waals surface area contributed by atoms with Crippen LogP contribution in [0, 0.1) is 5.92 Å². The van der Waals surface area contributed by atoms with E-state index in [2.05, 4.69) is 0 Å². The first-order valence-corrected chi connectivity index (χ1v) is 4.32. The smallest absolute Gasteiger partial charge is 0.322 e. The summed E-state index contributed by atoms with van der Waals surface area (Å²) in [6, 6.07) is 3.46. The zero-order chi connectivity index (χ0) is 8.97. The molecule has 0 amide bonds. The fourth-order valence-corrected chi connectivity index (χ4v) is 1.15. The van der Waals surface area contributed by atoms with Crippen molar-refractivity contribution >= 4 is 23.6 Å². The fourth-order valence-electron chi connectivity index (χ4n) is 0.569. The quantitative estimate of drug-likeness (QED) is 0.406. The van der Waals surface area contributed by atoms with Gasteiger partial charge in [-0.15, -0.1) is 11.3 Å². The third-order valence-electron chi connectivity index (χ3n) is 1.27. The maximum Gasteiger partial charge on any atom is 0.322 e. The summed E-state index contributed by atoms with van der Waals surface area (Å²) in [7, 11) is 0. The molecule has 0 fully saturated rings. The van der Waals surface area contributed by atoms with E-state index in [1.165, 1.54) is 18.3 Å². The summed E-state index contributed by atoms with van der Waals surface area (Å²) in [4.78, 5) is 21.2. The van der Waals surface area contributed by atoms with Gasteiger partial charge in [0.15, 0.2) is 5.06 Å². The molecular weight excluding hydrogens is 176 g/mol. The fraction of sp³-hybridized carbons (Fsp3) is 0.250. The Morgan fingerprint density at radius 2 is 2.50 bits per heavy atom. The molecule has 12 heavy (non-hydrogen) atoms. The summed E-state index contributed by atoms with van der Waals surface area (Å²) in [6.07, 6.45) is 0.565. The van der Waals surface area contributed by atoms with Gasteiger partial charge < -0.3 is 9.53 Å². The molecule has 1 atom stereocenters. The SMILES string of the molecule is CC(C=O)C(=O)Oc1cccs1. The molecule has 0 radical (unpaired) electrons. The number of thiophene rings is 1. The predicted octanol–water partition coefficient (Wildman–Crippen LogP) is 1.49. The minimum absolute atomic E-state index is 0.507. The Kier molecular flexibility index (Phi) is 2.99. The number of hydrogen-bond acceptors (Lipinski definition) is 4. The minimum Gasteiger partial charge on any atom is -0.415 e. The summed E-state index contributed by atoms with van der Waals surface area (Å²) < 4.78 is 4.86. The van der Waals surface area contributed by atoms with Gasteiger partial charge in [-0.1, -0.05) is 0 Å². The first-order chi connectivity index (χ1) is 5.74. The molecule has 3 nitrogen and oxygen atoms in total. The van der Waals surface area contributed by atoms with Crippen molar-refractivity contribution in [3.8, 4) is 5.06 Å². The highest BCUT2D eigenvalue weighted by molar-refractivity contribution is 7.11. The van der Waals surface area contributed by atoms with E-state index in [1.54, 1.807) is 17.5 Å². The Labute approximate surface area is 74.0 Å². The molecule has 1 aromatic heterocycles. The maximum absolute atomic E-state index is 11.0. The Hall–Kier alpha value is -1.16. The Morgan fingerprint density at radius 3 is 3.00 bits per heavy atom. The van der Waals surface area contributed by atoms with Gasteiger partial charge in [-0.05, 0) is 24.4 Å². The zero-order valence-corrected chi connectivity index (χ0v) is 7.34. The second-order valence-corrected chi connectivity index (χ2v) is 3.19. The molecular formula is C8H8O3S. The summed E-state index contributed by atoms with van der Waals surface area (Å²) >= 11 is 1.32. The van der Waals surface area contributed by atoms with Crippen molar-refractivity contribution in [2.24, 2.45) is 5.92 Å². The van der Waals surface area contributed by atoms with Gasteiger partial charge in [-0.2, -0.15) is 0 Å². The lowest BCUT2D eigenvalue weighted by Gasteiger charge is -2.01. The molecule has 0 saturated heterocycles. The summed E-state index contributed by atoms with van der Waals surface area (Å²) in [5, 5.41) is 2.32. The minimum atomic E-state index is -0.688. The van der Waals surface area contributed by atoms with E-state index in [0.717, 1.165) is 0 Å². The lowest BCUT2D eigenvalue weighted by Crippen LogP contribution is -2.18. The Bertz CT molecular complexity index is 266. The molecule has 1 heterocycles. The zero-order valence-electron chi connectivity index (χ0n) is 6.52. The summed E-state index contributed by atoms with van der Waals surface area (Å²) in [5.41, 5.74) is 0. The van der Waals surface area contributed by atoms with Crippen molar-refractivity contribution in [2.75, 3.05) is 0 Å². The molecule has 0 spiro atoms. The van der Waals surface area contributed by atoms with Crippen LogP contribution in [0.25, 0.3) is 0 Å². The molecule has 0 bridgehead atoms. The molecule has 1 rings (SSSR count). The van der Waals surface area contributed by atoms with E-state index in [9.17, 15) is 9.59 Å². The maximum atomic E-state index is 11.0. The van der Waals surface area contributed by atoms with Crippen LogP contribution in [0.2, 0.25) is 0 Å². The van der Waals surface area contributed by atoms with Gasteiger partial charge in [0.1, 0.15) is 12.2 Å². The lowest BCUT2D eigenvalue weighted by molar-refractivity contribution is -0.140. The van der Waals surface area contributed by atoms with Gasteiger partial charge in [0.2, 0.25) is 0 Å². The van der Waals surface area contributed by atoms with Crippen LogP contribution in [0.5, 0.6) is 5.06 Å². The first-order valence-electron chi connectivity index (χ1n) is 3.44. The molecule has 0 aliphatic rings. The van der Waals surface area contributed by atoms with Crippen molar-refractivity contribution in [3.05, 3.63) is 17.5 Å². The highest BCUT2D eigenvalue weighted by Gasteiger charge is 2.13. The second kappa shape index (κ2) is 4.01. The molecule has 4 heteroatoms. The van der Waals surface area contributed by atoms with Crippen LogP contribution < -0.4 is 4.74 Å². The normalized spacial score (nSPS) is 12.1. The number of esters is 1. The van der Waals surface area contributed by atoms with E-state index >= 15 is 0 Å². The van der Waals surface area contributed by atoms with E-state index in [1.807, 2.05) is 0 Å². The van der Waals surface area contributed by atoms with Crippen LogP contribution in [-0.4, -0.2) is 12.3 Å². The van der Waals surface area contributed by atoms with Crippen LogP contribution in [0.3, 0.4) is 0 Å². The molecule has 0 saturated carbocycles. The highest BCUT2D eigenvalue weighted by atomic mass is 32.1. The second-order valence-electron chi connectivity index (χ2n) is 2.28. The van der Waals surface area contributed by atoms with Gasteiger partial charge in [-0.3, -0.25) is 4.79 Å². The van der Waals surface area contributed by atoms with Gasteiger partial charge in [0.25, 0.3) is 0 Å². The van der Waals surface area contributed by atoms with Crippen molar-refractivity contribution < 1.29 is 14.3 Å². The molecule has 1 aromatic rings. The van der Waals surface area contributed by atoms with Crippen molar-refractivity contribution in [1.29, 1.82) is 0 Å². The lowest BCUT2D eigenvalue weighted by atomic mass is 10.2. The third-order valence-corrected chi connectivity index (χ3v) is 2.02. The molecule has 0 aliphatic carbocycles. The highest BCUT2D eigenvalue weighted by Crippen LogP contribution is 2.18. The van der Waals surface area contributed by atoms with E-state index in [-0.39, 0.29) is 0 Å². The molecule has 64 valence electrons. The van der Waals surface area contributed by atoms with Crippen LogP contribution in [0.15, 0.2) is 17.5 Å². The van der Waals surface area contributed by atoms with Gasteiger partial charge in [0, 0.05) is 0 Å². The van der Waals surface area contributed by atoms with Gasteiger partial charge >= 0.3 is 5.97 Å². The monoisotopic (exact) mass is 184 g/mol. The first kappa shape index (κ1) is 8.93. The largest absolute Gasteiger partial charge is 0.415 e. The number of carbonyl (C=O) groups is 2. The molecule has 1 unspecified atom stereocenters. The van der Waals surface area contributed by atoms with Crippen molar-refractivity contribution in [1.82, 2.24) is 0 Å². The predicted molar refractivity (Wildman–Crippen MR) is 45.2 cm³/mol. The average Bonchev–Trinajstić information content (AvgIpc) is 2.55. The van der Waals surface area contributed by atoms with Gasteiger partial charge in [0.05, 0.1) is 0 Å². The number of carbonyl (C=O) groups excluding carboxylic acids is 2. The average molecular weight is 184 g/mol. The summed E-state index contributed by atoms with van der Waals surface area (Å²) in [5.74, 6) is -1.19. The van der Waals surface area contributed by atoms with Crippen molar-refractivity contribution in [2.45, 2.75) is 6.92 Å². The van der Waals surface area contributed by atoms with Crippen LogP contribution in [0.1, 0.15) is 6.92 Å². The van der Waals surface area contributed by atoms with E-state index < -0.39 is 11.9 Å². The topological polar surface area (TPSA) is 43.4 Å². The number of aldehydes is 1. The van der Waals surface area contributed by atoms with E-state index in [0.29, 0.717) is 11.3 Å². The number of rotatable bonds is 3. The summed E-state index contributed by atoms with van der Waals surface area (Å²) in [6.45, 7) is 1.50. The number of ether oxygens (including phenoxy) is 1. The van der Waals surface area contributed by atoms with Crippen LogP contribution in [0.4, 0.5) is 0 Å². The van der Waals surface area contributed by atoms with Crippen molar-refractivity contribution in [3.63, 3.8) is 0 Å². The number of hydrogen-bond donors (Lipinski definition) is 0. The third kappa shape index (κ3) is 2.17. The Morgan fingerprint density at radius 1 is 1.75 bits per heavy atom. The van der Waals surface area contributed by atoms with Gasteiger partial charge in [-0.25, -0.2) is 0 Å². The van der Waals surface area contributed by atoms with Crippen LogP contribution >= 0.6 is 11.3 Å². The molecule has 0 N–H and O–H groups in total. The molecule has 0 aliphatic heterocycles. The standard InChI is InChI=1S/C8H8O3S/c1-6(5-9)8(10)11-7-3-2-4-12-7/h2-6H,1H3. The molecule has 0 aromatic carbocycles. The Balaban J connectivity index is 2.53. The van der Waals surface area contributed by atoms with E-state index in [4.69, 9.17) is 4.74 Å².